The average Bonchev–Trinajstić information content (AvgIpc) is 2.40. The van der Waals surface area contributed by atoms with Crippen LogP contribution in [0.15, 0.2) is 33.8 Å². The fourth-order valence-electron chi connectivity index (χ4n) is 2.39. The van der Waals surface area contributed by atoms with Crippen molar-refractivity contribution in [3.63, 3.8) is 0 Å². The Morgan fingerprint density at radius 3 is 2.04 bits per heavy atom. The van der Waals surface area contributed by atoms with Crippen LogP contribution >= 0.6 is 15.9 Å². The zero-order valence-corrected chi connectivity index (χ0v) is 16.7. The molecule has 0 unspecified atom stereocenters. The van der Waals surface area contributed by atoms with E-state index in [4.69, 9.17) is 10.6 Å². The quantitative estimate of drug-likeness (QED) is 0.460. The third-order valence-corrected chi connectivity index (χ3v) is 4.93. The number of nitrogens with two attached hydrogens (primary N) is 1. The molecule has 0 amide bonds. The van der Waals surface area contributed by atoms with E-state index in [1.807, 2.05) is 19.9 Å². The summed E-state index contributed by atoms with van der Waals surface area (Å²) in [7, 11) is -2.71. The van der Waals surface area contributed by atoms with Gasteiger partial charge in [0.1, 0.15) is 10.1 Å². The summed E-state index contributed by atoms with van der Waals surface area (Å²) in [5, 5.41) is 0. The molecule has 0 aliphatic heterocycles. The van der Waals surface area contributed by atoms with Crippen LogP contribution in [0.25, 0.3) is 0 Å². The monoisotopic (exact) mass is 416 g/mol. The van der Waals surface area contributed by atoms with Gasteiger partial charge in [-0.3, -0.25) is 0 Å². The fraction of sp³-hybridized carbons (Fsp3) is 0.312. The zero-order chi connectivity index (χ0) is 18.7. The number of aromatic nitrogens is 1. The first-order valence-electron chi connectivity index (χ1n) is 7.02. The Labute approximate surface area is 151 Å². The van der Waals surface area contributed by atoms with E-state index < -0.39 is 10.1 Å². The molecule has 0 radical (unpaired) electrons. The third-order valence-electron chi connectivity index (χ3n) is 3.35. The van der Waals surface area contributed by atoms with Crippen LogP contribution in [0.1, 0.15) is 22.4 Å². The molecule has 0 aliphatic rings. The van der Waals surface area contributed by atoms with Crippen molar-refractivity contribution in [3.8, 4) is 5.75 Å². The highest BCUT2D eigenvalue weighted by molar-refractivity contribution is 9.10. The fourth-order valence-corrected chi connectivity index (χ4v) is 3.73. The van der Waals surface area contributed by atoms with Gasteiger partial charge in [0.25, 0.3) is 0 Å². The van der Waals surface area contributed by atoms with Gasteiger partial charge in [-0.2, -0.15) is 0 Å². The first kappa shape index (κ1) is 20.4. The Balaban J connectivity index is 0.000000243. The van der Waals surface area contributed by atoms with Crippen molar-refractivity contribution in [2.24, 2.45) is 0 Å². The van der Waals surface area contributed by atoms with Crippen LogP contribution in [-0.4, -0.2) is 20.1 Å². The molecule has 1 heterocycles. The van der Waals surface area contributed by atoms with Crippen LogP contribution in [-0.2, 0) is 10.1 Å². The summed E-state index contributed by atoms with van der Waals surface area (Å²) < 4.78 is 40.0. The van der Waals surface area contributed by atoms with Crippen LogP contribution in [0, 0.1) is 27.7 Å². The molecule has 1 aromatic carbocycles. The number of pyridine rings is 1. The van der Waals surface area contributed by atoms with E-state index in [0.717, 1.165) is 21.5 Å². The summed E-state index contributed by atoms with van der Waals surface area (Å²) in [6.07, 6.45) is 1.78. The molecule has 0 aliphatic carbocycles. The zero-order valence-electron chi connectivity index (χ0n) is 14.3. The molecule has 8 heteroatoms. The first-order chi connectivity index (χ1) is 11.0. The summed E-state index contributed by atoms with van der Waals surface area (Å²) in [5.41, 5.74) is 2.90. The van der Waals surface area contributed by atoms with Gasteiger partial charge in [-0.25, -0.2) is 14.3 Å². The van der Waals surface area contributed by atoms with Gasteiger partial charge >= 0.3 is 0 Å². The summed E-state index contributed by atoms with van der Waals surface area (Å²) >= 11 is 3.31. The van der Waals surface area contributed by atoms with E-state index in [9.17, 15) is 13.0 Å². The normalized spacial score (nSPS) is 10.8. The van der Waals surface area contributed by atoms with Crippen molar-refractivity contribution in [2.45, 2.75) is 32.6 Å². The summed E-state index contributed by atoms with van der Waals surface area (Å²) in [6.45, 7) is 7.02. The number of nitrogens with zero attached hydrogens (tertiary/aromatic N) is 1. The lowest BCUT2D eigenvalue weighted by molar-refractivity contribution is -0.646. The number of methoxy groups -OCH3 is 1. The molecule has 2 N–H and O–H groups in total. The summed E-state index contributed by atoms with van der Waals surface area (Å²) in [5.74, 6) is 6.38. The van der Waals surface area contributed by atoms with E-state index in [-0.39, 0.29) is 4.90 Å². The molecule has 6 nitrogen and oxygen atoms in total. The lowest BCUT2D eigenvalue weighted by Gasteiger charge is -2.14. The van der Waals surface area contributed by atoms with Crippen LogP contribution < -0.4 is 15.3 Å². The lowest BCUT2D eigenvalue weighted by Crippen LogP contribution is -2.47. The molecule has 0 fully saturated rings. The molecule has 132 valence electrons. The van der Waals surface area contributed by atoms with Gasteiger partial charge < -0.3 is 9.29 Å². The molecule has 24 heavy (non-hydrogen) atoms. The van der Waals surface area contributed by atoms with Gasteiger partial charge in [-0.1, -0.05) is 22.4 Å². The van der Waals surface area contributed by atoms with Gasteiger partial charge in [-0.15, -0.1) is 0 Å². The Morgan fingerprint density at radius 1 is 1.12 bits per heavy atom. The minimum Gasteiger partial charge on any atom is -0.744 e. The number of benzene rings is 1. The van der Waals surface area contributed by atoms with Crippen LogP contribution in [0.5, 0.6) is 5.75 Å². The highest BCUT2D eigenvalue weighted by Gasteiger charge is 2.11. The molecule has 0 spiro atoms. The molecule has 0 atom stereocenters. The molecular formula is C16H21BrN2O4S. The van der Waals surface area contributed by atoms with Crippen molar-refractivity contribution in [1.29, 1.82) is 0 Å². The van der Waals surface area contributed by atoms with Crippen molar-refractivity contribution in [2.75, 3.05) is 13.0 Å². The Hall–Kier alpha value is -1.64. The standard InChI is InChI=1S/C9H12O3S.C7H10BrN2O/c1-6-4-7(2)9(8(3)5-6)13(10,11)12;1-5-7(11-2)3-6(8)4-10(5)9/h4-5H,1-3H3,(H,10,11,12);3-4H,9H2,1-2H3/q;+1/p-1. The Kier molecular flexibility index (Phi) is 6.76. The van der Waals surface area contributed by atoms with E-state index in [1.54, 1.807) is 39.3 Å². The van der Waals surface area contributed by atoms with Gasteiger partial charge in [0.05, 0.1) is 16.5 Å². The van der Waals surface area contributed by atoms with Gasteiger partial charge in [-0.05, 0) is 47.8 Å². The molecule has 1 aromatic heterocycles. The number of hydrogen-bond acceptors (Lipinski definition) is 5. The van der Waals surface area contributed by atoms with Crippen LogP contribution in [0.4, 0.5) is 0 Å². The van der Waals surface area contributed by atoms with Crippen LogP contribution in [0.2, 0.25) is 0 Å². The van der Waals surface area contributed by atoms with Crippen molar-refractivity contribution >= 4 is 26.0 Å². The second-order valence-electron chi connectivity index (χ2n) is 5.40. The predicted molar refractivity (Wildman–Crippen MR) is 94.4 cm³/mol. The second kappa shape index (κ2) is 7.96. The largest absolute Gasteiger partial charge is 0.744 e. The molecule has 2 rings (SSSR count). The smallest absolute Gasteiger partial charge is 0.249 e. The number of hydrogen-bond donors (Lipinski definition) is 1. The van der Waals surface area contributed by atoms with Crippen molar-refractivity contribution in [1.82, 2.24) is 0 Å². The van der Waals surface area contributed by atoms with Crippen molar-refractivity contribution < 1.29 is 22.4 Å². The van der Waals surface area contributed by atoms with Gasteiger partial charge in [0, 0.05) is 13.0 Å². The maximum absolute atomic E-state index is 10.8. The number of nitrogen functional groups attached to an aromatic ring is 1. The molecule has 0 bridgehead atoms. The second-order valence-corrected chi connectivity index (χ2v) is 7.63. The molecule has 0 saturated carbocycles. The molecule has 0 saturated heterocycles. The Bertz CT molecular complexity index is 828. The molecular weight excluding hydrogens is 396 g/mol. The SMILES string of the molecule is COc1cc(Br)c[n+](N)c1C.Cc1cc(C)c(S(=O)(=O)[O-])c(C)c1. The highest BCUT2D eigenvalue weighted by atomic mass is 79.9. The minimum atomic E-state index is -4.33. The third kappa shape index (κ3) is 5.19. The van der Waals surface area contributed by atoms with Gasteiger partial charge in [0.15, 0.2) is 5.75 Å². The van der Waals surface area contributed by atoms with Gasteiger partial charge in [0.2, 0.25) is 11.9 Å². The lowest BCUT2D eigenvalue weighted by atomic mass is 10.1. The van der Waals surface area contributed by atoms with E-state index >= 15 is 0 Å². The number of ether oxygens (including phenoxy) is 1. The van der Waals surface area contributed by atoms with E-state index in [0.29, 0.717) is 11.1 Å². The van der Waals surface area contributed by atoms with E-state index in [1.165, 1.54) is 4.68 Å². The predicted octanol–water partition coefficient (Wildman–Crippen LogP) is 2.28. The minimum absolute atomic E-state index is 0.0851. The maximum Gasteiger partial charge on any atom is 0.249 e. The maximum atomic E-state index is 10.8. The summed E-state index contributed by atoms with van der Waals surface area (Å²) in [6, 6.07) is 5.26. The number of rotatable bonds is 2. The Morgan fingerprint density at radius 2 is 1.62 bits per heavy atom. The summed E-state index contributed by atoms with van der Waals surface area (Å²) in [4.78, 5) is -0.0851. The highest BCUT2D eigenvalue weighted by Crippen LogP contribution is 2.21. The van der Waals surface area contributed by atoms with Crippen LogP contribution in [0.3, 0.4) is 0 Å². The topological polar surface area (TPSA) is 96.3 Å². The van der Waals surface area contributed by atoms with Crippen molar-refractivity contribution in [3.05, 3.63) is 51.3 Å². The molecule has 2 aromatic rings. The number of aryl methyl sites for hydroxylation is 3. The number of halogens is 1. The first-order valence-corrected chi connectivity index (χ1v) is 9.22. The van der Waals surface area contributed by atoms with E-state index in [2.05, 4.69) is 15.9 Å². The average molecular weight is 417 g/mol.